The molecule has 1 unspecified atom stereocenters. The molecule has 0 aromatic carbocycles. The van der Waals surface area contributed by atoms with Gasteiger partial charge in [-0.3, -0.25) is 0 Å². The number of aryl methyl sites for hydroxylation is 1. The van der Waals surface area contributed by atoms with Crippen molar-refractivity contribution in [1.82, 2.24) is 14.8 Å². The van der Waals surface area contributed by atoms with E-state index in [9.17, 15) is 0 Å². The Labute approximate surface area is 91.0 Å². The summed E-state index contributed by atoms with van der Waals surface area (Å²) in [5.74, 6) is 1.70. The van der Waals surface area contributed by atoms with Crippen molar-refractivity contribution in [3.8, 4) is 0 Å². The van der Waals surface area contributed by atoms with E-state index in [4.69, 9.17) is 5.73 Å². The fourth-order valence-electron chi connectivity index (χ4n) is 2.30. The van der Waals surface area contributed by atoms with E-state index >= 15 is 0 Å². The predicted molar refractivity (Wildman–Crippen MR) is 55.7 cm³/mol. The van der Waals surface area contributed by atoms with E-state index in [0.717, 1.165) is 18.8 Å². The van der Waals surface area contributed by atoms with Gasteiger partial charge in [0.1, 0.15) is 5.82 Å². The summed E-state index contributed by atoms with van der Waals surface area (Å²) in [5.41, 5.74) is 6.33. The van der Waals surface area contributed by atoms with E-state index in [1.165, 1.54) is 19.3 Å². The highest BCUT2D eigenvalue weighted by Gasteiger charge is 2.46. The number of halogens is 1. The Balaban J connectivity index is 1.86. The highest BCUT2D eigenvalue weighted by atomic mass is 79.9. The van der Waals surface area contributed by atoms with Crippen molar-refractivity contribution < 1.29 is 0 Å². The van der Waals surface area contributed by atoms with E-state index in [0.29, 0.717) is 10.7 Å². The van der Waals surface area contributed by atoms with Gasteiger partial charge >= 0.3 is 0 Å². The van der Waals surface area contributed by atoms with Gasteiger partial charge in [0, 0.05) is 18.5 Å². The molecule has 2 aliphatic rings. The molecule has 3 rings (SSSR count). The van der Waals surface area contributed by atoms with Crippen molar-refractivity contribution in [3.63, 3.8) is 0 Å². The Hall–Kier alpha value is -0.420. The Kier molecular flexibility index (Phi) is 1.77. The summed E-state index contributed by atoms with van der Waals surface area (Å²) in [5, 5.41) is 4.31. The molecule has 0 amide bonds. The molecule has 0 spiro atoms. The molecule has 2 heterocycles. The fourth-order valence-corrected chi connectivity index (χ4v) is 2.70. The Morgan fingerprint density at radius 3 is 3.00 bits per heavy atom. The number of nitrogens with zero attached hydrogens (tertiary/aromatic N) is 3. The molecule has 1 fully saturated rings. The van der Waals surface area contributed by atoms with E-state index in [-0.39, 0.29) is 5.54 Å². The first-order chi connectivity index (χ1) is 6.67. The zero-order chi connectivity index (χ0) is 9.76. The van der Waals surface area contributed by atoms with Crippen molar-refractivity contribution >= 4 is 15.9 Å². The van der Waals surface area contributed by atoms with Gasteiger partial charge < -0.3 is 5.73 Å². The Bertz CT molecular complexity index is 369. The third kappa shape index (κ3) is 1.30. The van der Waals surface area contributed by atoms with Gasteiger partial charge in [0.05, 0.1) is 0 Å². The molecule has 1 aromatic heterocycles. The van der Waals surface area contributed by atoms with Crippen LogP contribution in [0, 0.1) is 5.92 Å². The highest BCUT2D eigenvalue weighted by Crippen LogP contribution is 2.43. The number of hydrogen-bond donors (Lipinski definition) is 1. The fraction of sp³-hybridized carbons (Fsp3) is 0.778. The van der Waals surface area contributed by atoms with Crippen molar-refractivity contribution in [1.29, 1.82) is 0 Å². The average Bonchev–Trinajstić information content (AvgIpc) is 2.79. The molecule has 0 saturated heterocycles. The third-order valence-corrected chi connectivity index (χ3v) is 3.81. The maximum atomic E-state index is 6.21. The lowest BCUT2D eigenvalue weighted by molar-refractivity contribution is 0.279. The molecule has 1 aliphatic heterocycles. The first-order valence-electron chi connectivity index (χ1n) is 5.05. The maximum absolute atomic E-state index is 6.21. The van der Waals surface area contributed by atoms with Crippen LogP contribution in [0.25, 0.3) is 0 Å². The predicted octanol–water partition coefficient (Wildman–Crippen LogP) is 1.09. The summed E-state index contributed by atoms with van der Waals surface area (Å²) in [7, 11) is 0. The lowest BCUT2D eigenvalue weighted by Gasteiger charge is -2.27. The summed E-state index contributed by atoms with van der Waals surface area (Å²) in [6.07, 6.45) is 4.55. The molecule has 0 radical (unpaired) electrons. The molecule has 2 N–H and O–H groups in total. The van der Waals surface area contributed by atoms with Crippen LogP contribution in [0.4, 0.5) is 0 Å². The number of fused-ring (bicyclic) bond motifs is 1. The SMILES string of the molecule is NC1(C2CCc3nc(Br)nn3C2)CC1. The molecule has 76 valence electrons. The summed E-state index contributed by atoms with van der Waals surface area (Å²) < 4.78 is 2.71. The Morgan fingerprint density at radius 1 is 1.50 bits per heavy atom. The molecule has 14 heavy (non-hydrogen) atoms. The van der Waals surface area contributed by atoms with Gasteiger partial charge in [-0.15, -0.1) is 5.10 Å². The molecule has 5 heteroatoms. The van der Waals surface area contributed by atoms with Crippen LogP contribution >= 0.6 is 15.9 Å². The van der Waals surface area contributed by atoms with Crippen LogP contribution < -0.4 is 5.73 Å². The average molecular weight is 257 g/mol. The number of aromatic nitrogens is 3. The van der Waals surface area contributed by atoms with Crippen molar-refractivity contribution in [2.45, 2.75) is 37.8 Å². The maximum Gasteiger partial charge on any atom is 0.217 e. The number of nitrogens with two attached hydrogens (primary N) is 1. The van der Waals surface area contributed by atoms with Crippen LogP contribution in [0.3, 0.4) is 0 Å². The normalized spacial score (nSPS) is 28.6. The van der Waals surface area contributed by atoms with Gasteiger partial charge in [-0.25, -0.2) is 9.67 Å². The summed E-state index contributed by atoms with van der Waals surface area (Å²) >= 11 is 3.30. The monoisotopic (exact) mass is 256 g/mol. The van der Waals surface area contributed by atoms with Crippen LogP contribution in [0.2, 0.25) is 0 Å². The smallest absolute Gasteiger partial charge is 0.217 e. The van der Waals surface area contributed by atoms with Gasteiger partial charge in [-0.2, -0.15) is 0 Å². The topological polar surface area (TPSA) is 56.7 Å². The summed E-state index contributed by atoms with van der Waals surface area (Å²) in [4.78, 5) is 4.32. The van der Waals surface area contributed by atoms with Gasteiger partial charge in [-0.05, 0) is 41.1 Å². The highest BCUT2D eigenvalue weighted by molar-refractivity contribution is 9.10. The third-order valence-electron chi connectivity index (χ3n) is 3.47. The minimum absolute atomic E-state index is 0.121. The minimum Gasteiger partial charge on any atom is -0.325 e. The standard InChI is InChI=1S/C9H13BrN4/c10-8-12-7-2-1-6(5-14(7)13-8)9(11)3-4-9/h6H,1-5,11H2. The Morgan fingerprint density at radius 2 is 2.29 bits per heavy atom. The van der Waals surface area contributed by atoms with E-state index in [2.05, 4.69) is 26.0 Å². The van der Waals surface area contributed by atoms with E-state index in [1.54, 1.807) is 0 Å². The number of rotatable bonds is 1. The largest absolute Gasteiger partial charge is 0.325 e. The molecule has 4 nitrogen and oxygen atoms in total. The van der Waals surface area contributed by atoms with Crippen LogP contribution in [-0.2, 0) is 13.0 Å². The van der Waals surface area contributed by atoms with Crippen LogP contribution in [-0.4, -0.2) is 20.3 Å². The first kappa shape index (κ1) is 8.85. The second-order valence-electron chi connectivity index (χ2n) is 4.45. The minimum atomic E-state index is 0.121. The second-order valence-corrected chi connectivity index (χ2v) is 5.16. The number of hydrogen-bond acceptors (Lipinski definition) is 3. The summed E-state index contributed by atoms with van der Waals surface area (Å²) in [6.45, 7) is 0.949. The van der Waals surface area contributed by atoms with Crippen molar-refractivity contribution in [2.75, 3.05) is 0 Å². The van der Waals surface area contributed by atoms with Gasteiger partial charge in [0.2, 0.25) is 4.73 Å². The van der Waals surface area contributed by atoms with Gasteiger partial charge in [0.25, 0.3) is 0 Å². The van der Waals surface area contributed by atoms with E-state index in [1.807, 2.05) is 4.68 Å². The molecule has 1 aliphatic carbocycles. The van der Waals surface area contributed by atoms with Crippen LogP contribution in [0.1, 0.15) is 25.1 Å². The lowest BCUT2D eigenvalue weighted by Crippen LogP contribution is -2.38. The molecular formula is C9H13BrN4. The van der Waals surface area contributed by atoms with Crippen molar-refractivity contribution in [3.05, 3.63) is 10.6 Å². The molecule has 1 saturated carbocycles. The second kappa shape index (κ2) is 2.79. The summed E-state index contributed by atoms with van der Waals surface area (Å²) in [6, 6.07) is 0. The zero-order valence-corrected chi connectivity index (χ0v) is 9.50. The molecule has 1 atom stereocenters. The molecular weight excluding hydrogens is 244 g/mol. The van der Waals surface area contributed by atoms with E-state index < -0.39 is 0 Å². The van der Waals surface area contributed by atoms with Gasteiger partial charge in [-0.1, -0.05) is 0 Å². The van der Waals surface area contributed by atoms with Crippen LogP contribution in [0.15, 0.2) is 4.73 Å². The quantitative estimate of drug-likeness (QED) is 0.819. The molecule has 0 bridgehead atoms. The van der Waals surface area contributed by atoms with Gasteiger partial charge in [0.15, 0.2) is 0 Å². The molecule has 1 aromatic rings. The zero-order valence-electron chi connectivity index (χ0n) is 7.91. The lowest BCUT2D eigenvalue weighted by atomic mass is 9.90. The van der Waals surface area contributed by atoms with Crippen molar-refractivity contribution in [2.24, 2.45) is 11.7 Å². The van der Waals surface area contributed by atoms with Crippen LogP contribution in [0.5, 0.6) is 0 Å². The first-order valence-corrected chi connectivity index (χ1v) is 5.85.